The second kappa shape index (κ2) is 4.71. The lowest BCUT2D eigenvalue weighted by atomic mass is 10.3. The number of hydrogen-bond donors (Lipinski definition) is 1. The summed E-state index contributed by atoms with van der Waals surface area (Å²) < 4.78 is 5.66. The van der Waals surface area contributed by atoms with Crippen LogP contribution >= 0.6 is 0 Å². The summed E-state index contributed by atoms with van der Waals surface area (Å²) in [6, 6.07) is 13.4. The molecule has 4 heteroatoms. The van der Waals surface area contributed by atoms with Crippen LogP contribution in [0.3, 0.4) is 0 Å². The minimum Gasteiger partial charge on any atom is -0.456 e. The average Bonchev–Trinajstić information content (AvgIpc) is 2.95. The highest BCUT2D eigenvalue weighted by Gasteiger charge is 2.02. The van der Waals surface area contributed by atoms with Crippen LogP contribution in [0.15, 0.2) is 61.1 Å². The summed E-state index contributed by atoms with van der Waals surface area (Å²) in [6.07, 6.45) is 5.15. The maximum Gasteiger partial charge on any atom is 0.155 e. The quantitative estimate of drug-likeness (QED) is 0.760. The molecule has 0 unspecified atom stereocenters. The number of nitrogens with zero attached hydrogens (tertiary/aromatic N) is 2. The first-order valence-corrected chi connectivity index (χ1v) is 5.60. The topological polar surface area (TPSA) is 50.8 Å². The van der Waals surface area contributed by atoms with Gasteiger partial charge in [0.05, 0.1) is 6.20 Å². The van der Waals surface area contributed by atoms with Gasteiger partial charge in [-0.3, -0.25) is 0 Å². The number of para-hydroxylation sites is 1. The van der Waals surface area contributed by atoms with Gasteiger partial charge in [0.1, 0.15) is 17.2 Å². The Bertz CT molecular complexity index is 603. The third-order valence-corrected chi connectivity index (χ3v) is 2.46. The van der Waals surface area contributed by atoms with E-state index >= 15 is 0 Å². The molecule has 0 saturated carbocycles. The predicted molar refractivity (Wildman–Crippen MR) is 68.3 cm³/mol. The molecule has 0 bridgehead atoms. The summed E-state index contributed by atoms with van der Waals surface area (Å²) in [6.45, 7) is 0. The monoisotopic (exact) mass is 237 g/mol. The molecule has 2 heterocycles. The van der Waals surface area contributed by atoms with Gasteiger partial charge in [-0.2, -0.15) is 0 Å². The Balaban J connectivity index is 1.80. The van der Waals surface area contributed by atoms with E-state index in [4.69, 9.17) is 4.74 Å². The number of aromatic nitrogens is 3. The zero-order valence-electron chi connectivity index (χ0n) is 9.58. The lowest BCUT2D eigenvalue weighted by Gasteiger charge is -2.05. The van der Waals surface area contributed by atoms with Crippen LogP contribution < -0.4 is 4.74 Å². The third-order valence-electron chi connectivity index (χ3n) is 2.46. The first-order valence-electron chi connectivity index (χ1n) is 5.60. The largest absolute Gasteiger partial charge is 0.456 e. The van der Waals surface area contributed by atoms with Crippen molar-refractivity contribution >= 4 is 0 Å². The summed E-state index contributed by atoms with van der Waals surface area (Å²) in [5.41, 5.74) is 0.792. The molecule has 2 aromatic heterocycles. The fourth-order valence-corrected chi connectivity index (χ4v) is 1.61. The van der Waals surface area contributed by atoms with Crippen molar-refractivity contribution in [2.45, 2.75) is 0 Å². The predicted octanol–water partition coefficient (Wildman–Crippen LogP) is 3.26. The molecule has 0 aliphatic rings. The molecule has 3 rings (SSSR count). The fourth-order valence-electron chi connectivity index (χ4n) is 1.61. The van der Waals surface area contributed by atoms with Crippen LogP contribution in [0.5, 0.6) is 11.5 Å². The molecule has 0 fully saturated rings. The summed E-state index contributed by atoms with van der Waals surface area (Å²) in [4.78, 5) is 11.4. The number of nitrogens with one attached hydrogen (secondary N) is 1. The zero-order valence-corrected chi connectivity index (χ0v) is 9.58. The summed E-state index contributed by atoms with van der Waals surface area (Å²) >= 11 is 0. The van der Waals surface area contributed by atoms with Gasteiger partial charge in [0.25, 0.3) is 0 Å². The van der Waals surface area contributed by atoms with Gasteiger partial charge in [0.2, 0.25) is 0 Å². The van der Waals surface area contributed by atoms with E-state index in [-0.39, 0.29) is 0 Å². The molecule has 0 aliphatic carbocycles. The molecule has 1 aromatic carbocycles. The number of ether oxygens (including phenoxy) is 1. The molecular formula is C14H11N3O. The highest BCUT2D eigenvalue weighted by atomic mass is 16.5. The molecule has 0 aliphatic heterocycles. The number of aromatic amines is 1. The number of benzene rings is 1. The first-order chi connectivity index (χ1) is 8.92. The highest BCUT2D eigenvalue weighted by molar-refractivity contribution is 5.49. The van der Waals surface area contributed by atoms with Crippen molar-refractivity contribution in [3.8, 4) is 23.0 Å². The van der Waals surface area contributed by atoms with Crippen molar-refractivity contribution in [3.63, 3.8) is 0 Å². The summed E-state index contributed by atoms with van der Waals surface area (Å²) in [7, 11) is 0. The van der Waals surface area contributed by atoms with E-state index in [1.54, 1.807) is 18.6 Å². The number of hydrogen-bond acceptors (Lipinski definition) is 3. The molecule has 0 saturated heterocycles. The molecular weight excluding hydrogens is 226 g/mol. The van der Waals surface area contributed by atoms with E-state index < -0.39 is 0 Å². The maximum atomic E-state index is 5.66. The van der Waals surface area contributed by atoms with Gasteiger partial charge in [-0.15, -0.1) is 0 Å². The van der Waals surface area contributed by atoms with Gasteiger partial charge in [0, 0.05) is 12.4 Å². The molecule has 88 valence electrons. The van der Waals surface area contributed by atoms with Crippen molar-refractivity contribution in [1.29, 1.82) is 0 Å². The normalized spacial score (nSPS) is 10.2. The van der Waals surface area contributed by atoms with Gasteiger partial charge < -0.3 is 9.72 Å². The van der Waals surface area contributed by atoms with Crippen LogP contribution in [-0.2, 0) is 0 Å². The van der Waals surface area contributed by atoms with Crippen LogP contribution in [0.1, 0.15) is 0 Å². The Kier molecular flexibility index (Phi) is 2.75. The Hall–Kier alpha value is -2.62. The number of H-pyrrole nitrogens is 1. The number of pyridine rings is 1. The second-order valence-corrected chi connectivity index (χ2v) is 3.73. The van der Waals surface area contributed by atoms with E-state index in [1.807, 2.05) is 42.5 Å². The van der Waals surface area contributed by atoms with Gasteiger partial charge in [-0.25, -0.2) is 9.97 Å². The van der Waals surface area contributed by atoms with E-state index in [1.165, 1.54) is 0 Å². The van der Waals surface area contributed by atoms with Crippen molar-refractivity contribution < 1.29 is 4.74 Å². The minimum absolute atomic E-state index is 0.705. The summed E-state index contributed by atoms with van der Waals surface area (Å²) in [5.74, 6) is 2.25. The SMILES string of the molecule is c1ccc(Oc2ccc(-c3ncc[nH]3)nc2)cc1. The Morgan fingerprint density at radius 1 is 0.889 bits per heavy atom. The van der Waals surface area contributed by atoms with Crippen LogP contribution in [0, 0.1) is 0 Å². The molecule has 0 amide bonds. The lowest BCUT2D eigenvalue weighted by molar-refractivity contribution is 0.480. The van der Waals surface area contributed by atoms with Crippen LogP contribution in [0.25, 0.3) is 11.5 Å². The molecule has 4 nitrogen and oxygen atoms in total. The molecule has 0 spiro atoms. The molecule has 0 atom stereocenters. The molecule has 3 aromatic rings. The van der Waals surface area contributed by atoms with Crippen LogP contribution in [0.4, 0.5) is 0 Å². The standard InChI is InChI=1S/C14H11N3O/c1-2-4-11(5-3-1)18-12-6-7-13(17-10-12)14-15-8-9-16-14/h1-10H,(H,15,16). The van der Waals surface area contributed by atoms with Crippen LogP contribution in [0.2, 0.25) is 0 Å². The maximum absolute atomic E-state index is 5.66. The minimum atomic E-state index is 0.705. The number of rotatable bonds is 3. The van der Waals surface area contributed by atoms with E-state index in [0.717, 1.165) is 17.3 Å². The lowest BCUT2D eigenvalue weighted by Crippen LogP contribution is -1.88. The number of imidazole rings is 1. The third kappa shape index (κ3) is 2.22. The van der Waals surface area contributed by atoms with Gasteiger partial charge >= 0.3 is 0 Å². The fraction of sp³-hybridized carbons (Fsp3) is 0. The Labute approximate surface area is 104 Å². The van der Waals surface area contributed by atoms with Gasteiger partial charge in [-0.1, -0.05) is 18.2 Å². The second-order valence-electron chi connectivity index (χ2n) is 3.73. The average molecular weight is 237 g/mol. The van der Waals surface area contributed by atoms with E-state index in [2.05, 4.69) is 15.0 Å². The Morgan fingerprint density at radius 2 is 1.78 bits per heavy atom. The Morgan fingerprint density at radius 3 is 2.44 bits per heavy atom. The smallest absolute Gasteiger partial charge is 0.155 e. The van der Waals surface area contributed by atoms with E-state index in [0.29, 0.717) is 5.75 Å². The zero-order chi connectivity index (χ0) is 12.2. The molecule has 18 heavy (non-hydrogen) atoms. The van der Waals surface area contributed by atoms with Crippen LogP contribution in [-0.4, -0.2) is 15.0 Å². The molecule has 0 radical (unpaired) electrons. The molecule has 1 N–H and O–H groups in total. The van der Waals surface area contributed by atoms with Crippen molar-refractivity contribution in [1.82, 2.24) is 15.0 Å². The van der Waals surface area contributed by atoms with E-state index in [9.17, 15) is 0 Å². The summed E-state index contributed by atoms with van der Waals surface area (Å²) in [5, 5.41) is 0. The van der Waals surface area contributed by atoms with Crippen molar-refractivity contribution in [2.75, 3.05) is 0 Å². The highest BCUT2D eigenvalue weighted by Crippen LogP contribution is 2.21. The first kappa shape index (κ1) is 10.5. The van der Waals surface area contributed by atoms with Crippen molar-refractivity contribution in [3.05, 3.63) is 61.1 Å². The van der Waals surface area contributed by atoms with Crippen molar-refractivity contribution in [2.24, 2.45) is 0 Å². The van der Waals surface area contributed by atoms with Gasteiger partial charge in [0.15, 0.2) is 5.82 Å². The van der Waals surface area contributed by atoms with Gasteiger partial charge in [-0.05, 0) is 24.3 Å².